The van der Waals surface area contributed by atoms with Gasteiger partial charge in [-0.15, -0.1) is 0 Å². The summed E-state index contributed by atoms with van der Waals surface area (Å²) in [5.41, 5.74) is 2.18. The van der Waals surface area contributed by atoms with Crippen LogP contribution in [0.3, 0.4) is 0 Å². The van der Waals surface area contributed by atoms with Crippen LogP contribution in [0.15, 0.2) is 57.8 Å². The van der Waals surface area contributed by atoms with Crippen LogP contribution >= 0.6 is 23.2 Å². The fourth-order valence-electron chi connectivity index (χ4n) is 2.45. The first kappa shape index (κ1) is 18.2. The summed E-state index contributed by atoms with van der Waals surface area (Å²) in [7, 11) is 0. The van der Waals surface area contributed by atoms with E-state index in [9.17, 15) is 9.59 Å². The van der Waals surface area contributed by atoms with Gasteiger partial charge in [0.2, 0.25) is 0 Å². The van der Waals surface area contributed by atoms with Gasteiger partial charge in [0.05, 0.1) is 0 Å². The Kier molecular flexibility index (Phi) is 5.45. The lowest BCUT2D eigenvalue weighted by Crippen LogP contribution is -2.05. The van der Waals surface area contributed by atoms with E-state index in [-0.39, 0.29) is 6.61 Å². The summed E-state index contributed by atoms with van der Waals surface area (Å²) in [5.74, 6) is -0.551. The summed E-state index contributed by atoms with van der Waals surface area (Å²) >= 11 is 11.9. The van der Waals surface area contributed by atoms with E-state index in [1.54, 1.807) is 30.3 Å². The highest BCUT2D eigenvalue weighted by molar-refractivity contribution is 6.35. The van der Waals surface area contributed by atoms with Gasteiger partial charge in [0.1, 0.15) is 12.2 Å². The van der Waals surface area contributed by atoms with Crippen molar-refractivity contribution in [2.75, 3.05) is 0 Å². The minimum Gasteiger partial charge on any atom is -0.458 e. The molecule has 0 saturated carbocycles. The summed E-state index contributed by atoms with van der Waals surface area (Å²) in [6, 6.07) is 11.8. The van der Waals surface area contributed by atoms with Crippen molar-refractivity contribution in [2.45, 2.75) is 13.5 Å². The molecule has 26 heavy (non-hydrogen) atoms. The van der Waals surface area contributed by atoms with Crippen LogP contribution in [0.2, 0.25) is 10.0 Å². The van der Waals surface area contributed by atoms with E-state index in [4.69, 9.17) is 32.4 Å². The third-order valence-electron chi connectivity index (χ3n) is 3.72. The molecular formula is C20H14Cl2O4. The summed E-state index contributed by atoms with van der Waals surface area (Å²) < 4.78 is 10.4. The van der Waals surface area contributed by atoms with Crippen molar-refractivity contribution in [1.82, 2.24) is 0 Å². The van der Waals surface area contributed by atoms with Gasteiger partial charge in [0, 0.05) is 33.1 Å². The van der Waals surface area contributed by atoms with E-state index in [1.165, 1.54) is 12.1 Å². The maximum atomic E-state index is 12.0. The monoisotopic (exact) mass is 388 g/mol. The number of carbonyl (C=O) groups is 1. The summed E-state index contributed by atoms with van der Waals surface area (Å²) in [5, 5.41) is 1.68. The number of benzene rings is 2. The minimum atomic E-state index is -0.551. The van der Waals surface area contributed by atoms with Gasteiger partial charge in [-0.25, -0.2) is 9.59 Å². The fraction of sp³-hybridized carbons (Fsp3) is 0.100. The molecule has 1 heterocycles. The van der Waals surface area contributed by atoms with Crippen LogP contribution in [0.25, 0.3) is 17.0 Å². The number of fused-ring (bicyclic) bond motifs is 1. The molecule has 0 atom stereocenters. The topological polar surface area (TPSA) is 56.5 Å². The molecule has 0 N–H and O–H groups in total. The number of aryl methyl sites for hydroxylation is 1. The van der Waals surface area contributed by atoms with Gasteiger partial charge in [-0.1, -0.05) is 41.4 Å². The predicted molar refractivity (Wildman–Crippen MR) is 103 cm³/mol. The molecule has 1 aromatic heterocycles. The highest BCUT2D eigenvalue weighted by atomic mass is 35.5. The average molecular weight is 389 g/mol. The molecule has 2 aromatic carbocycles. The second-order valence-corrected chi connectivity index (χ2v) is 6.54. The fourth-order valence-corrected chi connectivity index (χ4v) is 2.92. The van der Waals surface area contributed by atoms with E-state index in [0.29, 0.717) is 26.8 Å². The second-order valence-electron chi connectivity index (χ2n) is 5.70. The number of halogens is 2. The average Bonchev–Trinajstić information content (AvgIpc) is 2.58. The van der Waals surface area contributed by atoms with Crippen LogP contribution in [0.5, 0.6) is 0 Å². The molecular weight excluding hydrogens is 375 g/mol. The van der Waals surface area contributed by atoms with Crippen molar-refractivity contribution in [3.05, 3.63) is 85.7 Å². The zero-order valence-electron chi connectivity index (χ0n) is 13.8. The number of esters is 1. The first-order chi connectivity index (χ1) is 12.4. The molecule has 3 aromatic rings. The van der Waals surface area contributed by atoms with E-state index < -0.39 is 11.6 Å². The van der Waals surface area contributed by atoms with Crippen LogP contribution in [-0.4, -0.2) is 5.97 Å². The van der Waals surface area contributed by atoms with Crippen molar-refractivity contribution in [3.63, 3.8) is 0 Å². The van der Waals surface area contributed by atoms with Crippen molar-refractivity contribution in [1.29, 1.82) is 0 Å². The summed E-state index contributed by atoms with van der Waals surface area (Å²) in [6.07, 6.45) is 2.81. The normalized spacial score (nSPS) is 11.2. The molecule has 0 aliphatic carbocycles. The zero-order chi connectivity index (χ0) is 18.7. The van der Waals surface area contributed by atoms with Gasteiger partial charge in [-0.05, 0) is 42.3 Å². The van der Waals surface area contributed by atoms with Crippen LogP contribution in [0.4, 0.5) is 0 Å². The lowest BCUT2D eigenvalue weighted by molar-refractivity contribution is -0.138. The lowest BCUT2D eigenvalue weighted by Gasteiger charge is -2.06. The smallest absolute Gasteiger partial charge is 0.336 e. The van der Waals surface area contributed by atoms with Crippen molar-refractivity contribution >= 4 is 46.2 Å². The lowest BCUT2D eigenvalue weighted by atomic mass is 10.1. The Bertz CT molecular complexity index is 1070. The largest absolute Gasteiger partial charge is 0.458 e. The molecule has 4 nitrogen and oxygen atoms in total. The van der Waals surface area contributed by atoms with Crippen LogP contribution in [0.1, 0.15) is 16.7 Å². The molecule has 0 radical (unpaired) electrons. The molecule has 0 saturated heterocycles. The Balaban J connectivity index is 1.74. The van der Waals surface area contributed by atoms with Crippen LogP contribution in [-0.2, 0) is 16.1 Å². The molecule has 0 bridgehead atoms. The number of ether oxygens (including phenoxy) is 1. The number of hydrogen-bond donors (Lipinski definition) is 0. The molecule has 3 rings (SSSR count). The molecule has 0 aliphatic rings. The highest BCUT2D eigenvalue weighted by Crippen LogP contribution is 2.22. The van der Waals surface area contributed by atoms with Gasteiger partial charge in [0.25, 0.3) is 0 Å². The summed E-state index contributed by atoms with van der Waals surface area (Å²) in [6.45, 7) is 1.86. The van der Waals surface area contributed by atoms with E-state index in [0.717, 1.165) is 10.9 Å². The Hall–Kier alpha value is -2.56. The Morgan fingerprint density at radius 2 is 1.96 bits per heavy atom. The molecule has 0 aliphatic heterocycles. The number of carbonyl (C=O) groups excluding carboxylic acids is 1. The third-order valence-corrected chi connectivity index (χ3v) is 4.28. The van der Waals surface area contributed by atoms with Gasteiger partial charge in [0.15, 0.2) is 0 Å². The van der Waals surface area contributed by atoms with E-state index >= 15 is 0 Å². The minimum absolute atomic E-state index is 0.0390. The zero-order valence-corrected chi connectivity index (χ0v) is 15.3. The van der Waals surface area contributed by atoms with Gasteiger partial charge in [-0.3, -0.25) is 0 Å². The molecule has 0 amide bonds. The van der Waals surface area contributed by atoms with E-state index in [1.807, 2.05) is 19.1 Å². The van der Waals surface area contributed by atoms with Crippen molar-refractivity contribution in [2.24, 2.45) is 0 Å². The SMILES string of the molecule is Cc1ccc2c(COC(=O)/C=C/c3ccc(Cl)cc3Cl)cc(=O)oc2c1. The molecule has 132 valence electrons. The molecule has 0 spiro atoms. The van der Waals surface area contributed by atoms with Crippen molar-refractivity contribution in [3.8, 4) is 0 Å². The maximum Gasteiger partial charge on any atom is 0.336 e. The number of rotatable bonds is 4. The molecule has 6 heteroatoms. The first-order valence-corrected chi connectivity index (χ1v) is 8.51. The van der Waals surface area contributed by atoms with Gasteiger partial charge < -0.3 is 9.15 Å². The second kappa shape index (κ2) is 7.77. The first-order valence-electron chi connectivity index (χ1n) is 7.75. The third kappa shape index (κ3) is 4.34. The Labute approximate surface area is 159 Å². The summed E-state index contributed by atoms with van der Waals surface area (Å²) in [4.78, 5) is 23.7. The Morgan fingerprint density at radius 3 is 2.73 bits per heavy atom. The highest BCUT2D eigenvalue weighted by Gasteiger charge is 2.08. The van der Waals surface area contributed by atoms with Gasteiger partial charge in [-0.2, -0.15) is 0 Å². The predicted octanol–water partition coefficient (Wildman–Crippen LogP) is 5.16. The standard InChI is InChI=1S/C20H14Cl2O4/c1-12-2-6-16-14(9-20(24)26-18(16)8-12)11-25-19(23)7-4-13-3-5-15(21)10-17(13)22/h2-10H,11H2,1H3/b7-4+. The van der Waals surface area contributed by atoms with Crippen LogP contribution < -0.4 is 5.63 Å². The van der Waals surface area contributed by atoms with Crippen LogP contribution in [0, 0.1) is 6.92 Å². The van der Waals surface area contributed by atoms with E-state index in [2.05, 4.69) is 0 Å². The maximum absolute atomic E-state index is 12.0. The Morgan fingerprint density at radius 1 is 1.15 bits per heavy atom. The van der Waals surface area contributed by atoms with Crippen molar-refractivity contribution < 1.29 is 13.9 Å². The quantitative estimate of drug-likeness (QED) is 0.351. The van der Waals surface area contributed by atoms with Gasteiger partial charge >= 0.3 is 11.6 Å². The number of hydrogen-bond acceptors (Lipinski definition) is 4. The molecule has 0 fully saturated rings. The molecule has 0 unspecified atom stereocenters.